The van der Waals surface area contributed by atoms with Crippen molar-refractivity contribution >= 4 is 11.9 Å². The third kappa shape index (κ3) is 3.49. The van der Waals surface area contributed by atoms with Crippen molar-refractivity contribution < 1.29 is 36.7 Å². The molecule has 0 atom stereocenters. The van der Waals surface area contributed by atoms with E-state index in [-0.39, 0.29) is 13.2 Å². The van der Waals surface area contributed by atoms with Crippen LogP contribution in [0.25, 0.3) is 0 Å². The number of esters is 2. The first kappa shape index (κ1) is 15.1. The number of ether oxygens (including phenoxy) is 2. The zero-order valence-electron chi connectivity index (χ0n) is 10.2. The van der Waals surface area contributed by atoms with Crippen molar-refractivity contribution in [1.29, 1.82) is 0 Å². The number of halogens is 3. The van der Waals surface area contributed by atoms with E-state index < -0.39 is 35.2 Å². The summed E-state index contributed by atoms with van der Waals surface area (Å²) >= 11 is 0. The molecule has 0 aromatic carbocycles. The summed E-state index contributed by atoms with van der Waals surface area (Å²) in [6.45, 7) is 2.79. The van der Waals surface area contributed by atoms with E-state index in [1.807, 2.05) is 0 Å². The van der Waals surface area contributed by atoms with Crippen molar-refractivity contribution in [2.24, 2.45) is 0 Å². The Balaban J connectivity index is 3.20. The average Bonchev–Trinajstić information content (AvgIpc) is 2.74. The standard InChI is InChI=1S/C11H11F3O5/c1-3-17-9(15)6-5-7(10(16)18-4-2)19-8(6)11(12,13)14/h5H,3-4H2,1-2H3. The third-order valence-electron chi connectivity index (χ3n) is 1.96. The van der Waals surface area contributed by atoms with Crippen LogP contribution in [-0.2, 0) is 15.7 Å². The molecular weight excluding hydrogens is 269 g/mol. The molecule has 1 aromatic rings. The predicted molar refractivity (Wildman–Crippen MR) is 55.6 cm³/mol. The average molecular weight is 280 g/mol. The van der Waals surface area contributed by atoms with Gasteiger partial charge in [-0.15, -0.1) is 0 Å². The van der Waals surface area contributed by atoms with Gasteiger partial charge in [-0.2, -0.15) is 13.2 Å². The Kier molecular flexibility index (Phi) is 4.57. The highest BCUT2D eigenvalue weighted by molar-refractivity contribution is 5.95. The van der Waals surface area contributed by atoms with Gasteiger partial charge in [-0.1, -0.05) is 0 Å². The summed E-state index contributed by atoms with van der Waals surface area (Å²) in [4.78, 5) is 22.7. The Labute approximate surface area is 106 Å². The van der Waals surface area contributed by atoms with Crippen LogP contribution in [0.2, 0.25) is 0 Å². The van der Waals surface area contributed by atoms with Crippen LogP contribution in [0.4, 0.5) is 13.2 Å². The molecule has 8 heteroatoms. The quantitative estimate of drug-likeness (QED) is 0.793. The van der Waals surface area contributed by atoms with Gasteiger partial charge in [0.1, 0.15) is 5.56 Å². The molecule has 1 rings (SSSR count). The van der Waals surface area contributed by atoms with Gasteiger partial charge in [0.2, 0.25) is 11.5 Å². The molecule has 1 aromatic heterocycles. The molecule has 0 aliphatic carbocycles. The van der Waals surface area contributed by atoms with Gasteiger partial charge in [-0.05, 0) is 13.8 Å². The highest BCUT2D eigenvalue weighted by Gasteiger charge is 2.41. The molecular formula is C11H11F3O5. The SMILES string of the molecule is CCOC(=O)c1cc(C(=O)OCC)c(C(F)(F)F)o1. The fourth-order valence-corrected chi connectivity index (χ4v) is 1.26. The Morgan fingerprint density at radius 3 is 2.16 bits per heavy atom. The van der Waals surface area contributed by atoms with E-state index in [9.17, 15) is 22.8 Å². The van der Waals surface area contributed by atoms with Crippen LogP contribution in [0.3, 0.4) is 0 Å². The number of alkyl halides is 3. The van der Waals surface area contributed by atoms with Gasteiger partial charge in [0, 0.05) is 6.07 Å². The smallest absolute Gasteiger partial charge is 0.450 e. The fraction of sp³-hybridized carbons (Fsp3) is 0.455. The Morgan fingerprint density at radius 1 is 1.16 bits per heavy atom. The van der Waals surface area contributed by atoms with Crippen LogP contribution in [0.1, 0.15) is 40.5 Å². The summed E-state index contributed by atoms with van der Waals surface area (Å²) < 4.78 is 51.3. The molecule has 0 saturated carbocycles. The van der Waals surface area contributed by atoms with Crippen LogP contribution in [0.15, 0.2) is 10.5 Å². The van der Waals surface area contributed by atoms with Gasteiger partial charge in [0.25, 0.3) is 0 Å². The lowest BCUT2D eigenvalue weighted by molar-refractivity contribution is -0.153. The van der Waals surface area contributed by atoms with Gasteiger partial charge in [-0.25, -0.2) is 9.59 Å². The van der Waals surface area contributed by atoms with E-state index in [1.54, 1.807) is 0 Å². The van der Waals surface area contributed by atoms with Gasteiger partial charge in [-0.3, -0.25) is 0 Å². The molecule has 0 N–H and O–H groups in total. The molecule has 0 bridgehead atoms. The van der Waals surface area contributed by atoms with E-state index in [0.29, 0.717) is 6.07 Å². The summed E-state index contributed by atoms with van der Waals surface area (Å²) in [6.07, 6.45) is -4.91. The highest BCUT2D eigenvalue weighted by atomic mass is 19.4. The van der Waals surface area contributed by atoms with E-state index in [1.165, 1.54) is 13.8 Å². The van der Waals surface area contributed by atoms with Crippen LogP contribution in [0.5, 0.6) is 0 Å². The minimum Gasteiger partial charge on any atom is -0.462 e. The Bertz CT molecular complexity index is 475. The number of hydrogen-bond acceptors (Lipinski definition) is 5. The fourth-order valence-electron chi connectivity index (χ4n) is 1.26. The molecule has 0 fully saturated rings. The zero-order chi connectivity index (χ0) is 14.6. The normalized spacial score (nSPS) is 11.2. The topological polar surface area (TPSA) is 65.7 Å². The van der Waals surface area contributed by atoms with E-state index in [2.05, 4.69) is 13.9 Å². The van der Waals surface area contributed by atoms with E-state index in [0.717, 1.165) is 0 Å². The molecule has 0 saturated heterocycles. The molecule has 0 amide bonds. The maximum Gasteiger partial charge on any atom is 0.450 e. The highest BCUT2D eigenvalue weighted by Crippen LogP contribution is 2.34. The zero-order valence-corrected chi connectivity index (χ0v) is 10.2. The van der Waals surface area contributed by atoms with Crippen molar-refractivity contribution in [1.82, 2.24) is 0 Å². The predicted octanol–water partition coefficient (Wildman–Crippen LogP) is 2.65. The molecule has 1 heterocycles. The summed E-state index contributed by atoms with van der Waals surface area (Å²) in [5, 5.41) is 0. The van der Waals surface area contributed by atoms with Crippen LogP contribution in [-0.4, -0.2) is 25.2 Å². The van der Waals surface area contributed by atoms with Gasteiger partial charge in [0.05, 0.1) is 13.2 Å². The molecule has 106 valence electrons. The summed E-state index contributed by atoms with van der Waals surface area (Å²) in [7, 11) is 0. The Morgan fingerprint density at radius 2 is 1.68 bits per heavy atom. The molecule has 19 heavy (non-hydrogen) atoms. The molecule has 0 aliphatic rings. The van der Waals surface area contributed by atoms with Gasteiger partial charge >= 0.3 is 18.1 Å². The van der Waals surface area contributed by atoms with Gasteiger partial charge in [0.15, 0.2) is 0 Å². The maximum absolute atomic E-state index is 12.7. The third-order valence-corrected chi connectivity index (χ3v) is 1.96. The Hall–Kier alpha value is -1.99. The lowest BCUT2D eigenvalue weighted by atomic mass is 10.2. The second kappa shape index (κ2) is 5.77. The number of rotatable bonds is 4. The largest absolute Gasteiger partial charge is 0.462 e. The number of hydrogen-bond donors (Lipinski definition) is 0. The van der Waals surface area contributed by atoms with Crippen molar-refractivity contribution in [2.75, 3.05) is 13.2 Å². The molecule has 0 unspecified atom stereocenters. The first-order chi connectivity index (χ1) is 8.81. The molecule has 0 spiro atoms. The second-order valence-corrected chi connectivity index (χ2v) is 3.29. The van der Waals surface area contributed by atoms with Crippen molar-refractivity contribution in [2.45, 2.75) is 20.0 Å². The van der Waals surface area contributed by atoms with E-state index in [4.69, 9.17) is 0 Å². The van der Waals surface area contributed by atoms with E-state index >= 15 is 0 Å². The van der Waals surface area contributed by atoms with Crippen molar-refractivity contribution in [3.8, 4) is 0 Å². The second-order valence-electron chi connectivity index (χ2n) is 3.29. The van der Waals surface area contributed by atoms with Crippen LogP contribution in [0, 0.1) is 0 Å². The van der Waals surface area contributed by atoms with Crippen molar-refractivity contribution in [3.05, 3.63) is 23.2 Å². The van der Waals surface area contributed by atoms with Crippen LogP contribution >= 0.6 is 0 Å². The number of carbonyl (C=O) groups is 2. The lowest BCUT2D eigenvalue weighted by Crippen LogP contribution is -2.12. The molecule has 0 aliphatic heterocycles. The summed E-state index contributed by atoms with van der Waals surface area (Å²) in [5.41, 5.74) is -0.850. The van der Waals surface area contributed by atoms with Crippen LogP contribution < -0.4 is 0 Å². The van der Waals surface area contributed by atoms with Gasteiger partial charge < -0.3 is 13.9 Å². The minimum atomic E-state index is -4.91. The first-order valence-electron chi connectivity index (χ1n) is 5.36. The summed E-state index contributed by atoms with van der Waals surface area (Å²) in [6, 6.07) is 0.665. The summed E-state index contributed by atoms with van der Waals surface area (Å²) in [5.74, 6) is -4.57. The maximum atomic E-state index is 12.7. The molecule has 5 nitrogen and oxygen atoms in total. The molecule has 0 radical (unpaired) electrons. The lowest BCUT2D eigenvalue weighted by Gasteiger charge is -2.05. The minimum absolute atomic E-state index is 0.0321. The number of carbonyl (C=O) groups excluding carboxylic acids is 2. The first-order valence-corrected chi connectivity index (χ1v) is 5.36. The monoisotopic (exact) mass is 280 g/mol. The van der Waals surface area contributed by atoms with Crippen molar-refractivity contribution in [3.63, 3.8) is 0 Å². The number of furan rings is 1.